The Morgan fingerprint density at radius 3 is 2.16 bits per heavy atom. The Bertz CT molecular complexity index is 4070. The highest BCUT2D eigenvalue weighted by Gasteiger charge is 2.49. The van der Waals surface area contributed by atoms with E-state index in [0.29, 0.717) is 56.5 Å². The molecule has 100 heavy (non-hydrogen) atoms. The van der Waals surface area contributed by atoms with Crippen LogP contribution >= 0.6 is 34.7 Å². The second-order valence-electron chi connectivity index (χ2n) is 28.4. The molecular formula is C74H93ClF3N9O9S4. The molecule has 3 heterocycles. The number of anilines is 2. The van der Waals surface area contributed by atoms with Crippen molar-refractivity contribution in [1.82, 2.24) is 35.0 Å². The molecule has 0 bridgehead atoms. The first-order chi connectivity index (χ1) is 47.2. The molecule has 0 spiro atoms. The minimum Gasteiger partial charge on any atom is -0.391 e. The van der Waals surface area contributed by atoms with Crippen molar-refractivity contribution in [1.29, 1.82) is 0 Å². The number of likely N-dealkylation sites (tertiary alicyclic amines) is 1. The van der Waals surface area contributed by atoms with Crippen molar-refractivity contribution in [3.63, 3.8) is 0 Å². The number of nitrogens with zero attached hydrogens (tertiary/aromatic N) is 5. The maximum atomic E-state index is 14.6. The maximum Gasteiger partial charge on any atom is 0.501 e. The number of hydrogen-bond donors (Lipinski definition) is 5. The molecule has 26 heteroatoms. The van der Waals surface area contributed by atoms with Gasteiger partial charge in [-0.25, -0.2) is 26.5 Å². The number of aromatic nitrogens is 1. The number of thiazole rings is 1. The van der Waals surface area contributed by atoms with Crippen LogP contribution in [0.25, 0.3) is 16.0 Å². The van der Waals surface area contributed by atoms with Gasteiger partial charge in [0.1, 0.15) is 17.0 Å². The highest BCUT2D eigenvalue weighted by atomic mass is 35.5. The highest BCUT2D eigenvalue weighted by molar-refractivity contribution is 7.99. The van der Waals surface area contributed by atoms with Gasteiger partial charge in [-0.15, -0.1) is 23.1 Å². The van der Waals surface area contributed by atoms with Gasteiger partial charge in [-0.1, -0.05) is 119 Å². The minimum absolute atomic E-state index is 0.0359. The summed E-state index contributed by atoms with van der Waals surface area (Å²) in [6, 6.07) is 30.9. The van der Waals surface area contributed by atoms with Crippen molar-refractivity contribution < 1.29 is 54.3 Å². The van der Waals surface area contributed by atoms with Crippen molar-refractivity contribution in [3.05, 3.63) is 160 Å². The summed E-state index contributed by atoms with van der Waals surface area (Å²) in [5.74, 6) is -1.96. The smallest absolute Gasteiger partial charge is 0.391 e. The van der Waals surface area contributed by atoms with E-state index in [1.165, 1.54) is 45.5 Å². The van der Waals surface area contributed by atoms with Crippen LogP contribution in [0.2, 0.25) is 5.02 Å². The molecule has 5 unspecified atom stereocenters. The molecule has 9 rings (SSSR count). The number of aliphatic hydroxyl groups is 1. The lowest BCUT2D eigenvalue weighted by Crippen LogP contribution is -2.57. The molecule has 5 atom stereocenters. The molecule has 2 fully saturated rings. The summed E-state index contributed by atoms with van der Waals surface area (Å²) in [6.07, 6.45) is 5.36. The van der Waals surface area contributed by atoms with Crippen LogP contribution in [0.15, 0.2) is 147 Å². The number of unbranched alkanes of at least 4 members (excludes halogenated alkanes) is 3. The number of carbonyl (C=O) groups excluding carboxylic acids is 4. The van der Waals surface area contributed by atoms with Crippen molar-refractivity contribution in [3.8, 4) is 10.4 Å². The average molecular weight is 1470 g/mol. The fourth-order valence-corrected chi connectivity index (χ4v) is 17.0. The quantitative estimate of drug-likeness (QED) is 0.0217. The number of alkyl halides is 3. The Labute approximate surface area is 600 Å². The zero-order valence-electron chi connectivity index (χ0n) is 58.0. The minimum atomic E-state index is -6.17. The number of halogens is 4. The van der Waals surface area contributed by atoms with Crippen LogP contribution < -0.4 is 25.6 Å². The number of nitrogens with one attached hydrogen (secondary N) is 4. The standard InChI is InChI=1S/C74H93ClF3N9O9S4/c1-49(51-19-21-53(22-20-51)67-50(2)79-48-98-67)80-70(91)64-42-59(88)46-87(64)71(92)68(72(3,4)5)82-66(89)18-14-9-10-15-36-84(8)37-34-57(47-97-60-16-12-11-13-17-60)81-63-32-31-61(43-65(63)99(93,94)74(76,77)78)100(95,96)83-69(90)54-25-29-58(30-26-54)86-40-38-85(39-41-86)45-55-44-73(6,7)35-33-62(55)52-23-27-56(75)28-24-52/h11-13,16-17,19-32,43,48-49,57,59,64,68,81,88H,9-10,14-15,18,33-42,44-47H2,1-8H3,(H,80,91)(H,82,89)(H,83,90). The van der Waals surface area contributed by atoms with E-state index in [1.807, 2.05) is 118 Å². The molecule has 0 radical (unpaired) electrons. The lowest BCUT2D eigenvalue weighted by Gasteiger charge is -2.39. The Morgan fingerprint density at radius 2 is 1.51 bits per heavy atom. The van der Waals surface area contributed by atoms with Gasteiger partial charge in [0.15, 0.2) is 0 Å². The van der Waals surface area contributed by atoms with Crippen molar-refractivity contribution in [2.45, 2.75) is 163 Å². The molecule has 5 aromatic carbocycles. The summed E-state index contributed by atoms with van der Waals surface area (Å²) in [7, 11) is -9.21. The summed E-state index contributed by atoms with van der Waals surface area (Å²) in [6.45, 7) is 18.7. The zero-order valence-corrected chi connectivity index (χ0v) is 62.1. The van der Waals surface area contributed by atoms with Gasteiger partial charge < -0.3 is 35.8 Å². The Balaban J connectivity index is 0.761. The number of aryl methyl sites for hydroxylation is 1. The first kappa shape index (κ1) is 77.3. The molecule has 6 aromatic rings. The van der Waals surface area contributed by atoms with Crippen LogP contribution in [-0.4, -0.2) is 160 Å². The molecule has 18 nitrogen and oxygen atoms in total. The fraction of sp³-hybridized carbons (Fsp3) is 0.473. The van der Waals surface area contributed by atoms with E-state index >= 15 is 0 Å². The van der Waals surface area contributed by atoms with Gasteiger partial charge in [-0.3, -0.25) is 24.1 Å². The molecular weight excluding hydrogens is 1380 g/mol. The number of β-amino-alcohol motifs (C(OH)–C–C–N with tert-alkyl or cyclic N) is 1. The zero-order chi connectivity index (χ0) is 72.3. The number of sulfonamides is 1. The second kappa shape index (κ2) is 33.5. The first-order valence-electron chi connectivity index (χ1n) is 34.0. The molecule has 4 amide bonds. The third-order valence-corrected chi connectivity index (χ3v) is 24.2. The summed E-state index contributed by atoms with van der Waals surface area (Å²) in [5, 5.41) is 20.4. The number of sulfone groups is 1. The van der Waals surface area contributed by atoms with Gasteiger partial charge in [-0.2, -0.15) is 13.2 Å². The number of carbonyl (C=O) groups is 4. The summed E-state index contributed by atoms with van der Waals surface area (Å²) in [5.41, 5.74) is 2.58. The normalized spacial score (nSPS) is 18.0. The molecule has 3 aliphatic rings. The summed E-state index contributed by atoms with van der Waals surface area (Å²) >= 11 is 9.18. The van der Waals surface area contributed by atoms with Crippen LogP contribution in [0.4, 0.5) is 24.5 Å². The largest absolute Gasteiger partial charge is 0.501 e. The van der Waals surface area contributed by atoms with Gasteiger partial charge >= 0.3 is 5.51 Å². The van der Waals surface area contributed by atoms with Gasteiger partial charge in [-0.05, 0) is 172 Å². The van der Waals surface area contributed by atoms with Gasteiger partial charge in [0, 0.05) is 85.1 Å². The van der Waals surface area contributed by atoms with Gasteiger partial charge in [0.05, 0.1) is 38.8 Å². The molecule has 0 saturated carbocycles. The highest BCUT2D eigenvalue weighted by Crippen LogP contribution is 2.44. The third kappa shape index (κ3) is 20.5. The first-order valence-corrected chi connectivity index (χ1v) is 39.2. The van der Waals surface area contributed by atoms with Gasteiger partial charge in [0.2, 0.25) is 17.7 Å². The van der Waals surface area contributed by atoms with Crippen LogP contribution in [0.1, 0.15) is 139 Å². The number of hydrogen-bond acceptors (Lipinski definition) is 16. The molecule has 540 valence electrons. The number of piperazine rings is 1. The monoisotopic (exact) mass is 1470 g/mol. The predicted octanol–water partition coefficient (Wildman–Crippen LogP) is 13.2. The number of thioether (sulfide) groups is 1. The van der Waals surface area contributed by atoms with Crippen LogP contribution in [0.3, 0.4) is 0 Å². The van der Waals surface area contributed by atoms with E-state index in [2.05, 4.69) is 56.7 Å². The maximum absolute atomic E-state index is 14.6. The topological polar surface area (TPSA) is 231 Å². The van der Waals surface area contributed by atoms with E-state index in [9.17, 15) is 54.3 Å². The third-order valence-electron chi connectivity index (χ3n) is 18.9. The lowest BCUT2D eigenvalue weighted by molar-refractivity contribution is -0.144. The molecule has 1 aliphatic carbocycles. The number of allylic oxidation sites excluding steroid dienone is 1. The van der Waals surface area contributed by atoms with Crippen molar-refractivity contribution in [2.75, 3.05) is 75.4 Å². The van der Waals surface area contributed by atoms with Crippen LogP contribution in [0.5, 0.6) is 0 Å². The van der Waals surface area contributed by atoms with E-state index in [1.54, 1.807) is 29.0 Å². The number of benzene rings is 5. The number of aliphatic hydroxyl groups excluding tert-OH is 1. The van der Waals surface area contributed by atoms with E-state index in [-0.39, 0.29) is 42.0 Å². The summed E-state index contributed by atoms with van der Waals surface area (Å²) < 4.78 is 100. The van der Waals surface area contributed by atoms with E-state index < -0.39 is 94.3 Å². The van der Waals surface area contributed by atoms with E-state index in [4.69, 9.17) is 11.6 Å². The molecule has 1 aromatic heterocycles. The van der Waals surface area contributed by atoms with Gasteiger partial charge in [0.25, 0.3) is 25.8 Å². The van der Waals surface area contributed by atoms with Crippen molar-refractivity contribution in [2.24, 2.45) is 10.8 Å². The molecule has 2 aliphatic heterocycles. The van der Waals surface area contributed by atoms with Crippen LogP contribution in [0, 0.1) is 17.8 Å². The molecule has 5 N–H and O–H groups in total. The fourth-order valence-electron chi connectivity index (χ4n) is 13.1. The Morgan fingerprint density at radius 1 is 0.840 bits per heavy atom. The predicted molar refractivity (Wildman–Crippen MR) is 392 cm³/mol. The van der Waals surface area contributed by atoms with E-state index in [0.717, 1.165) is 96.2 Å². The Kier molecular flexibility index (Phi) is 25.9. The SMILES string of the molecule is Cc1ncsc1-c1ccc(C(C)NC(=O)C2CC(O)CN2C(=O)C(NC(=O)CCCCCCN(C)CCC(CSc2ccccc2)Nc2ccc(S(=O)(=O)NC(=O)c3ccc(N4CCN(CC5=C(c6ccc(Cl)cc6)CCC(C)(C)C5)CC4)cc3)cc2S(=O)(=O)C(F)(F)F)C(C)(C)C)cc1. The number of rotatable bonds is 29. The Hall–Kier alpha value is -6.84. The second-order valence-corrected chi connectivity index (χ2v) is 34.4. The van der Waals surface area contributed by atoms with Crippen molar-refractivity contribution >= 4 is 95.1 Å². The number of amides is 4. The summed E-state index contributed by atoms with van der Waals surface area (Å²) in [4.78, 5) is 67.3. The van der Waals surface area contributed by atoms with Crippen LogP contribution in [-0.2, 0) is 34.2 Å². The average Bonchev–Trinajstić information content (AvgIpc) is 1.48. The lowest BCUT2D eigenvalue weighted by atomic mass is 9.73. The molecule has 2 saturated heterocycles.